The van der Waals surface area contributed by atoms with Crippen molar-refractivity contribution in [3.63, 3.8) is 0 Å². The number of hydrogen-bond donors (Lipinski definition) is 1. The van der Waals surface area contributed by atoms with Crippen LogP contribution in [-0.4, -0.2) is 39.0 Å². The van der Waals surface area contributed by atoms with E-state index >= 15 is 0 Å². The molecule has 2 N–H and O–H groups in total. The van der Waals surface area contributed by atoms with Gasteiger partial charge in [-0.3, -0.25) is 0 Å². The first-order valence-electron chi connectivity index (χ1n) is 6.10. The summed E-state index contributed by atoms with van der Waals surface area (Å²) in [5, 5.41) is 8.27. The normalized spacial score (nSPS) is 34.5. The maximum absolute atomic E-state index is 5.56. The number of nitrogens with two attached hydrogens (primary N) is 1. The van der Waals surface area contributed by atoms with Gasteiger partial charge in [-0.05, 0) is 32.7 Å². The quantitative estimate of drug-likeness (QED) is 0.791. The van der Waals surface area contributed by atoms with Gasteiger partial charge in [-0.25, -0.2) is 4.68 Å². The van der Waals surface area contributed by atoms with Crippen molar-refractivity contribution in [3.05, 3.63) is 11.9 Å². The predicted molar refractivity (Wildman–Crippen MR) is 60.8 cm³/mol. The van der Waals surface area contributed by atoms with E-state index in [9.17, 15) is 0 Å². The van der Waals surface area contributed by atoms with Gasteiger partial charge < -0.3 is 10.6 Å². The van der Waals surface area contributed by atoms with Crippen LogP contribution in [0.1, 0.15) is 37.4 Å². The van der Waals surface area contributed by atoms with Crippen molar-refractivity contribution < 1.29 is 0 Å². The van der Waals surface area contributed by atoms with Gasteiger partial charge in [0.15, 0.2) is 0 Å². The smallest absolute Gasteiger partial charge is 0.0962 e. The van der Waals surface area contributed by atoms with E-state index in [-0.39, 0.29) is 0 Å². The number of aromatic nitrogens is 3. The number of hydrogen-bond acceptors (Lipinski definition) is 4. The summed E-state index contributed by atoms with van der Waals surface area (Å²) in [7, 11) is 2.26. The lowest BCUT2D eigenvalue weighted by Crippen LogP contribution is -2.40. The minimum Gasteiger partial charge on any atom is -0.325 e. The third-order valence-corrected chi connectivity index (χ3v) is 4.21. The van der Waals surface area contributed by atoms with Gasteiger partial charge in [0, 0.05) is 18.6 Å². The molecule has 0 saturated carbocycles. The molecule has 1 aromatic rings. The third kappa shape index (κ3) is 1.55. The Kier molecular flexibility index (Phi) is 2.44. The van der Waals surface area contributed by atoms with E-state index in [0.29, 0.717) is 12.6 Å². The Morgan fingerprint density at radius 3 is 2.56 bits per heavy atom. The molecule has 2 atom stereocenters. The van der Waals surface area contributed by atoms with Crippen LogP contribution in [-0.2, 0) is 6.54 Å². The molecule has 0 spiro atoms. The van der Waals surface area contributed by atoms with Crippen LogP contribution < -0.4 is 5.73 Å². The van der Waals surface area contributed by atoms with Gasteiger partial charge >= 0.3 is 0 Å². The van der Waals surface area contributed by atoms with Crippen LogP contribution in [0, 0.1) is 0 Å². The fraction of sp³-hybridized carbons (Fsp3) is 0.818. The molecule has 5 heteroatoms. The lowest BCUT2D eigenvalue weighted by Gasteiger charge is -2.36. The highest BCUT2D eigenvalue weighted by atomic mass is 15.4. The number of rotatable bonds is 2. The van der Waals surface area contributed by atoms with E-state index in [0.717, 1.165) is 17.8 Å². The number of fused-ring (bicyclic) bond motifs is 2. The van der Waals surface area contributed by atoms with Gasteiger partial charge in [0.05, 0.1) is 17.9 Å². The molecule has 2 aliphatic heterocycles. The van der Waals surface area contributed by atoms with Crippen molar-refractivity contribution in [2.24, 2.45) is 5.73 Å². The summed E-state index contributed by atoms with van der Waals surface area (Å²) in [5.74, 6) is 0. The van der Waals surface area contributed by atoms with Crippen molar-refractivity contribution in [1.82, 2.24) is 19.9 Å². The van der Waals surface area contributed by atoms with Crippen molar-refractivity contribution in [1.29, 1.82) is 0 Å². The molecule has 2 unspecified atom stereocenters. The van der Waals surface area contributed by atoms with Crippen LogP contribution in [0.15, 0.2) is 6.20 Å². The first kappa shape index (κ1) is 10.2. The summed E-state index contributed by atoms with van der Waals surface area (Å²) in [6.07, 6.45) is 7.11. The second kappa shape index (κ2) is 3.82. The molecule has 2 aliphatic rings. The molecule has 0 amide bonds. The van der Waals surface area contributed by atoms with Gasteiger partial charge in [0.2, 0.25) is 0 Å². The summed E-state index contributed by atoms with van der Waals surface area (Å²) in [6, 6.07) is 2.02. The van der Waals surface area contributed by atoms with Gasteiger partial charge in [0.1, 0.15) is 0 Å². The van der Waals surface area contributed by atoms with Gasteiger partial charge in [0.25, 0.3) is 0 Å². The average molecular weight is 221 g/mol. The zero-order valence-corrected chi connectivity index (χ0v) is 9.71. The van der Waals surface area contributed by atoms with Gasteiger partial charge in [-0.1, -0.05) is 5.21 Å². The van der Waals surface area contributed by atoms with E-state index in [1.54, 1.807) is 0 Å². The van der Waals surface area contributed by atoms with Gasteiger partial charge in [-0.15, -0.1) is 5.10 Å². The standard InChI is InChI=1S/C11H19N5/c1-15-9-2-3-10(15)5-11(4-9)16-7-8(6-12)13-14-16/h7,9-11H,2-6,12H2,1H3. The topological polar surface area (TPSA) is 60.0 Å². The molecular weight excluding hydrogens is 202 g/mol. The Bertz CT molecular complexity index is 360. The predicted octanol–water partition coefficient (Wildman–Crippen LogP) is 0.534. The second-order valence-corrected chi connectivity index (χ2v) is 5.07. The highest BCUT2D eigenvalue weighted by Gasteiger charge is 2.39. The summed E-state index contributed by atoms with van der Waals surface area (Å²) < 4.78 is 2.03. The molecule has 16 heavy (non-hydrogen) atoms. The number of nitrogens with zero attached hydrogens (tertiary/aromatic N) is 4. The van der Waals surface area contributed by atoms with Crippen LogP contribution in [0.2, 0.25) is 0 Å². The lowest BCUT2D eigenvalue weighted by atomic mass is 9.98. The molecular formula is C11H19N5. The number of piperidine rings is 1. The molecule has 3 rings (SSSR count). The lowest BCUT2D eigenvalue weighted by molar-refractivity contribution is 0.130. The Morgan fingerprint density at radius 1 is 1.31 bits per heavy atom. The first-order chi connectivity index (χ1) is 7.78. The Labute approximate surface area is 95.6 Å². The summed E-state index contributed by atoms with van der Waals surface area (Å²) in [6.45, 7) is 0.486. The van der Waals surface area contributed by atoms with E-state index in [1.807, 2.05) is 10.9 Å². The zero-order valence-electron chi connectivity index (χ0n) is 9.71. The third-order valence-electron chi connectivity index (χ3n) is 4.21. The molecule has 2 saturated heterocycles. The first-order valence-corrected chi connectivity index (χ1v) is 6.10. The summed E-state index contributed by atoms with van der Waals surface area (Å²) >= 11 is 0. The largest absolute Gasteiger partial charge is 0.325 e. The molecule has 1 aromatic heterocycles. The highest BCUT2D eigenvalue weighted by molar-refractivity contribution is 4.98. The van der Waals surface area contributed by atoms with Crippen LogP contribution in [0.5, 0.6) is 0 Å². The summed E-state index contributed by atoms with van der Waals surface area (Å²) in [4.78, 5) is 2.54. The molecule has 2 bridgehead atoms. The Balaban J connectivity index is 1.77. The molecule has 0 aromatic carbocycles. The van der Waals surface area contributed by atoms with Crippen molar-refractivity contribution >= 4 is 0 Å². The van der Waals surface area contributed by atoms with Crippen LogP contribution >= 0.6 is 0 Å². The van der Waals surface area contributed by atoms with E-state index in [4.69, 9.17) is 5.73 Å². The average Bonchev–Trinajstić information content (AvgIpc) is 2.82. The zero-order chi connectivity index (χ0) is 11.1. The minimum atomic E-state index is 0.486. The van der Waals surface area contributed by atoms with Crippen LogP contribution in [0.3, 0.4) is 0 Å². The highest BCUT2D eigenvalue weighted by Crippen LogP contribution is 2.39. The van der Waals surface area contributed by atoms with Crippen LogP contribution in [0.4, 0.5) is 0 Å². The minimum absolute atomic E-state index is 0.486. The molecule has 2 fully saturated rings. The second-order valence-electron chi connectivity index (χ2n) is 5.07. The summed E-state index contributed by atoms with van der Waals surface area (Å²) in [5.41, 5.74) is 6.45. The van der Waals surface area contributed by atoms with Gasteiger partial charge in [-0.2, -0.15) is 0 Å². The van der Waals surface area contributed by atoms with Crippen LogP contribution in [0.25, 0.3) is 0 Å². The molecule has 5 nitrogen and oxygen atoms in total. The van der Waals surface area contributed by atoms with E-state index < -0.39 is 0 Å². The van der Waals surface area contributed by atoms with Crippen molar-refractivity contribution in [2.75, 3.05) is 7.05 Å². The Morgan fingerprint density at radius 2 is 2.00 bits per heavy atom. The molecule has 0 aliphatic carbocycles. The maximum atomic E-state index is 5.56. The monoisotopic (exact) mass is 221 g/mol. The molecule has 0 radical (unpaired) electrons. The maximum Gasteiger partial charge on any atom is 0.0962 e. The van der Waals surface area contributed by atoms with E-state index in [2.05, 4.69) is 22.3 Å². The van der Waals surface area contributed by atoms with Crippen molar-refractivity contribution in [2.45, 2.75) is 50.4 Å². The van der Waals surface area contributed by atoms with Crippen molar-refractivity contribution in [3.8, 4) is 0 Å². The molecule has 3 heterocycles. The molecule has 88 valence electrons. The fourth-order valence-corrected chi connectivity index (χ4v) is 3.18. The SMILES string of the molecule is CN1C2CCC1CC(n1cc(CN)nn1)C2. The fourth-order valence-electron chi connectivity index (χ4n) is 3.18. The Hall–Kier alpha value is -0.940. The van der Waals surface area contributed by atoms with E-state index in [1.165, 1.54) is 25.7 Å².